The summed E-state index contributed by atoms with van der Waals surface area (Å²) < 4.78 is 28.0. The summed E-state index contributed by atoms with van der Waals surface area (Å²) in [4.78, 5) is 17.6. The van der Waals surface area contributed by atoms with Gasteiger partial charge in [0.1, 0.15) is 0 Å². The van der Waals surface area contributed by atoms with Gasteiger partial charge in [-0.15, -0.1) is 0 Å². The minimum atomic E-state index is -0.852. The van der Waals surface area contributed by atoms with Crippen LogP contribution in [-0.4, -0.2) is 16.4 Å². The normalized spacial score (nSPS) is 16.0. The van der Waals surface area contributed by atoms with Gasteiger partial charge in [-0.25, -0.2) is 8.78 Å². The van der Waals surface area contributed by atoms with E-state index < -0.39 is 17.2 Å². The predicted octanol–water partition coefficient (Wildman–Crippen LogP) is 5.50. The van der Waals surface area contributed by atoms with E-state index in [1.165, 1.54) is 6.07 Å². The maximum atomic E-state index is 14.3. The van der Waals surface area contributed by atoms with Crippen molar-refractivity contribution < 1.29 is 13.6 Å². The lowest BCUT2D eigenvalue weighted by molar-refractivity contribution is 0.0866. The third kappa shape index (κ3) is 3.86. The number of carbonyl (C=O) groups is 1. The van der Waals surface area contributed by atoms with Crippen molar-refractivity contribution >= 4 is 16.8 Å². The van der Waals surface area contributed by atoms with E-state index in [-0.39, 0.29) is 12.3 Å². The molecule has 2 aromatic carbocycles. The number of para-hydroxylation sites is 1. The Morgan fingerprint density at radius 1 is 1.07 bits per heavy atom. The smallest absolute Gasteiger partial charge is 0.253 e. The Hall–Kier alpha value is -2.82. The summed E-state index contributed by atoms with van der Waals surface area (Å²) in [7, 11) is 0. The van der Waals surface area contributed by atoms with E-state index in [0.29, 0.717) is 11.1 Å². The second kappa shape index (κ2) is 7.90. The number of hydrogen-bond acceptors (Lipinski definition) is 2. The first-order chi connectivity index (χ1) is 14.0. The van der Waals surface area contributed by atoms with Gasteiger partial charge >= 0.3 is 0 Å². The lowest BCUT2D eigenvalue weighted by Gasteiger charge is -2.38. The second-order valence-corrected chi connectivity index (χ2v) is 8.00. The van der Waals surface area contributed by atoms with E-state index in [0.717, 1.165) is 54.6 Å². The summed E-state index contributed by atoms with van der Waals surface area (Å²) >= 11 is 0. The maximum absolute atomic E-state index is 14.3. The molecule has 0 unspecified atom stereocenters. The topological polar surface area (TPSA) is 42.0 Å². The van der Waals surface area contributed by atoms with Crippen LogP contribution in [0.15, 0.2) is 48.7 Å². The lowest BCUT2D eigenvalue weighted by atomic mass is 9.77. The highest BCUT2D eigenvalue weighted by molar-refractivity contribution is 6.00. The fourth-order valence-electron chi connectivity index (χ4n) is 4.44. The standard InChI is InChI=1S/C24H24F2N2O/c1-16-18-9-3-4-11-21(18)27-15-19(16)23(29)28-24(12-5-2-6-13-24)14-17-8-7-10-20(25)22(17)26/h3-4,7-11,15H,2,5-6,12-14H2,1H3,(H,28,29). The molecule has 29 heavy (non-hydrogen) atoms. The fraction of sp³-hybridized carbons (Fsp3) is 0.333. The molecule has 1 saturated carbocycles. The van der Waals surface area contributed by atoms with Crippen LogP contribution < -0.4 is 5.32 Å². The van der Waals surface area contributed by atoms with Crippen molar-refractivity contribution in [1.29, 1.82) is 0 Å². The number of halogens is 2. The van der Waals surface area contributed by atoms with Crippen LogP contribution in [0.1, 0.15) is 53.6 Å². The molecule has 1 aromatic heterocycles. The molecule has 1 aliphatic carbocycles. The quantitative estimate of drug-likeness (QED) is 0.635. The summed E-state index contributed by atoms with van der Waals surface area (Å²) in [6, 6.07) is 11.9. The van der Waals surface area contributed by atoms with Gasteiger partial charge < -0.3 is 5.32 Å². The number of carbonyl (C=O) groups excluding carboxylic acids is 1. The zero-order chi connectivity index (χ0) is 20.4. The Labute approximate surface area is 169 Å². The Morgan fingerprint density at radius 2 is 1.83 bits per heavy atom. The van der Waals surface area contributed by atoms with Crippen LogP contribution in [0.2, 0.25) is 0 Å². The van der Waals surface area contributed by atoms with Crippen LogP contribution in [0.3, 0.4) is 0 Å². The number of amides is 1. The van der Waals surface area contributed by atoms with Gasteiger partial charge in [-0.3, -0.25) is 9.78 Å². The molecule has 0 saturated heterocycles. The third-order valence-electron chi connectivity index (χ3n) is 6.04. The summed E-state index contributed by atoms with van der Waals surface area (Å²) in [5, 5.41) is 4.12. The van der Waals surface area contributed by atoms with Gasteiger partial charge in [-0.2, -0.15) is 0 Å². The molecule has 0 bridgehead atoms. The maximum Gasteiger partial charge on any atom is 0.253 e. The van der Waals surface area contributed by atoms with Gasteiger partial charge in [0.2, 0.25) is 0 Å². The van der Waals surface area contributed by atoms with E-state index in [9.17, 15) is 13.6 Å². The highest BCUT2D eigenvalue weighted by Crippen LogP contribution is 2.33. The fourth-order valence-corrected chi connectivity index (χ4v) is 4.44. The van der Waals surface area contributed by atoms with E-state index in [1.807, 2.05) is 31.2 Å². The predicted molar refractivity (Wildman–Crippen MR) is 110 cm³/mol. The monoisotopic (exact) mass is 394 g/mol. The molecule has 0 spiro atoms. The molecule has 1 amide bonds. The molecule has 4 rings (SSSR count). The minimum Gasteiger partial charge on any atom is -0.346 e. The first-order valence-corrected chi connectivity index (χ1v) is 10.1. The highest BCUT2D eigenvalue weighted by Gasteiger charge is 2.35. The van der Waals surface area contributed by atoms with E-state index in [1.54, 1.807) is 12.3 Å². The van der Waals surface area contributed by atoms with Crippen LogP contribution >= 0.6 is 0 Å². The van der Waals surface area contributed by atoms with Gasteiger partial charge in [0.25, 0.3) is 5.91 Å². The van der Waals surface area contributed by atoms with E-state index in [2.05, 4.69) is 10.3 Å². The molecule has 0 aliphatic heterocycles. The van der Waals surface area contributed by atoms with Crippen molar-refractivity contribution in [2.24, 2.45) is 0 Å². The minimum absolute atomic E-state index is 0.209. The highest BCUT2D eigenvalue weighted by atomic mass is 19.2. The number of pyridine rings is 1. The molecule has 1 N–H and O–H groups in total. The van der Waals surface area contributed by atoms with Crippen molar-refractivity contribution in [3.8, 4) is 0 Å². The summed E-state index contributed by atoms with van der Waals surface area (Å²) in [6.07, 6.45) is 6.36. The number of hydrogen-bond donors (Lipinski definition) is 1. The van der Waals surface area contributed by atoms with Gasteiger partial charge in [0, 0.05) is 17.1 Å². The van der Waals surface area contributed by atoms with Crippen molar-refractivity contribution in [3.63, 3.8) is 0 Å². The van der Waals surface area contributed by atoms with Crippen LogP contribution in [0, 0.1) is 18.6 Å². The number of nitrogens with zero attached hydrogens (tertiary/aromatic N) is 1. The number of rotatable bonds is 4. The summed E-state index contributed by atoms with van der Waals surface area (Å²) in [5.74, 6) is -1.89. The average molecular weight is 394 g/mol. The largest absolute Gasteiger partial charge is 0.346 e. The lowest BCUT2D eigenvalue weighted by Crippen LogP contribution is -2.51. The summed E-state index contributed by atoms with van der Waals surface area (Å²) in [6.45, 7) is 1.92. The van der Waals surface area contributed by atoms with Gasteiger partial charge in [-0.05, 0) is 49.4 Å². The van der Waals surface area contributed by atoms with Crippen LogP contribution in [0.5, 0.6) is 0 Å². The van der Waals surface area contributed by atoms with Gasteiger partial charge in [0.15, 0.2) is 11.6 Å². The molecule has 1 fully saturated rings. The first-order valence-electron chi connectivity index (χ1n) is 10.1. The Kier molecular flexibility index (Phi) is 5.31. The Morgan fingerprint density at radius 3 is 2.62 bits per heavy atom. The van der Waals surface area contributed by atoms with Crippen LogP contribution in [0.4, 0.5) is 8.78 Å². The Bertz CT molecular complexity index is 1060. The van der Waals surface area contributed by atoms with Gasteiger partial charge in [-0.1, -0.05) is 49.6 Å². The average Bonchev–Trinajstić information content (AvgIpc) is 2.72. The number of fused-ring (bicyclic) bond motifs is 1. The molecule has 0 atom stereocenters. The number of aromatic nitrogens is 1. The molecular formula is C24H24F2N2O. The molecule has 150 valence electrons. The first kappa shape index (κ1) is 19.5. The number of nitrogens with one attached hydrogen (secondary N) is 1. The molecule has 5 heteroatoms. The molecule has 1 aliphatic rings. The van der Waals surface area contributed by atoms with Crippen molar-refractivity contribution in [2.75, 3.05) is 0 Å². The number of aryl methyl sites for hydroxylation is 1. The summed E-state index contributed by atoms with van der Waals surface area (Å²) in [5.41, 5.74) is 1.96. The second-order valence-electron chi connectivity index (χ2n) is 8.00. The third-order valence-corrected chi connectivity index (χ3v) is 6.04. The zero-order valence-electron chi connectivity index (χ0n) is 16.5. The van der Waals surface area contributed by atoms with Crippen molar-refractivity contribution in [2.45, 2.75) is 51.0 Å². The van der Waals surface area contributed by atoms with E-state index in [4.69, 9.17) is 0 Å². The van der Waals surface area contributed by atoms with Crippen LogP contribution in [-0.2, 0) is 6.42 Å². The SMILES string of the molecule is Cc1c(C(=O)NC2(Cc3cccc(F)c3F)CCCCC2)cnc2ccccc12. The zero-order valence-corrected chi connectivity index (χ0v) is 16.5. The molecule has 1 heterocycles. The van der Waals surface area contributed by atoms with Crippen LogP contribution in [0.25, 0.3) is 10.9 Å². The van der Waals surface area contributed by atoms with Gasteiger partial charge in [0.05, 0.1) is 11.1 Å². The number of benzene rings is 2. The van der Waals surface area contributed by atoms with Crippen molar-refractivity contribution in [3.05, 3.63) is 77.0 Å². The molecular weight excluding hydrogens is 370 g/mol. The van der Waals surface area contributed by atoms with Crippen molar-refractivity contribution in [1.82, 2.24) is 10.3 Å². The molecule has 3 nitrogen and oxygen atoms in total. The van der Waals surface area contributed by atoms with E-state index >= 15 is 0 Å². The molecule has 3 aromatic rings. The molecule has 0 radical (unpaired) electrons. The Balaban J connectivity index is 1.65.